The van der Waals surface area contributed by atoms with Crippen LogP contribution in [0.4, 0.5) is 0 Å². The van der Waals surface area contributed by atoms with Crippen molar-refractivity contribution < 1.29 is 8.83 Å². The molecule has 0 saturated heterocycles. The molecule has 0 bridgehead atoms. The maximum absolute atomic E-state index is 6.02. The lowest BCUT2D eigenvalue weighted by molar-refractivity contribution is 0.557. The van der Waals surface area contributed by atoms with Crippen LogP contribution in [0, 0.1) is 0 Å². The van der Waals surface area contributed by atoms with Crippen molar-refractivity contribution in [3.8, 4) is 0 Å². The molecular formula is C26H20O2. The van der Waals surface area contributed by atoms with E-state index >= 15 is 0 Å². The average Bonchev–Trinajstić information content (AvgIpc) is 3.32. The molecule has 0 saturated carbocycles. The van der Waals surface area contributed by atoms with Crippen LogP contribution in [0.25, 0.3) is 54.3 Å². The van der Waals surface area contributed by atoms with Crippen molar-refractivity contribution in [3.63, 3.8) is 0 Å². The summed E-state index contributed by atoms with van der Waals surface area (Å²) >= 11 is 0. The van der Waals surface area contributed by atoms with Gasteiger partial charge in [-0.3, -0.25) is 0 Å². The van der Waals surface area contributed by atoms with Crippen molar-refractivity contribution in [1.82, 2.24) is 0 Å². The van der Waals surface area contributed by atoms with Crippen LogP contribution in [0.2, 0.25) is 0 Å². The fourth-order valence-electron chi connectivity index (χ4n) is 4.41. The fraction of sp³-hybridized carbons (Fsp3) is 0.154. The second-order valence-electron chi connectivity index (χ2n) is 7.58. The summed E-state index contributed by atoms with van der Waals surface area (Å²) in [6, 6.07) is 22.1. The molecule has 0 radical (unpaired) electrons. The molecule has 0 fully saturated rings. The van der Waals surface area contributed by atoms with Gasteiger partial charge in [0.25, 0.3) is 0 Å². The Kier molecular flexibility index (Phi) is 3.16. The van der Waals surface area contributed by atoms with E-state index in [2.05, 4.69) is 74.5 Å². The second-order valence-corrected chi connectivity index (χ2v) is 7.58. The highest BCUT2D eigenvalue weighted by molar-refractivity contribution is 6.20. The summed E-state index contributed by atoms with van der Waals surface area (Å²) in [5, 5.41) is 9.81. The van der Waals surface area contributed by atoms with Gasteiger partial charge in [-0.05, 0) is 68.7 Å². The van der Waals surface area contributed by atoms with Crippen molar-refractivity contribution >= 4 is 54.3 Å². The first-order valence-electron chi connectivity index (χ1n) is 9.97. The van der Waals surface area contributed by atoms with E-state index in [9.17, 15) is 0 Å². The zero-order valence-electron chi connectivity index (χ0n) is 16.0. The van der Waals surface area contributed by atoms with Crippen LogP contribution < -0.4 is 0 Å². The molecule has 6 aromatic rings. The highest BCUT2D eigenvalue weighted by Gasteiger charge is 2.11. The zero-order chi connectivity index (χ0) is 18.8. The van der Waals surface area contributed by atoms with E-state index in [1.807, 2.05) is 0 Å². The molecule has 0 spiro atoms. The number of furan rings is 2. The van der Waals surface area contributed by atoms with Crippen LogP contribution in [-0.4, -0.2) is 0 Å². The molecule has 0 amide bonds. The number of aryl methyl sites for hydroxylation is 2. The Morgan fingerprint density at radius 2 is 0.964 bits per heavy atom. The van der Waals surface area contributed by atoms with Gasteiger partial charge < -0.3 is 8.83 Å². The summed E-state index contributed by atoms with van der Waals surface area (Å²) in [5.41, 5.74) is 1.93. The molecular weight excluding hydrogens is 344 g/mol. The molecule has 0 aliphatic carbocycles. The Morgan fingerprint density at radius 3 is 1.39 bits per heavy atom. The van der Waals surface area contributed by atoms with Crippen molar-refractivity contribution in [1.29, 1.82) is 0 Å². The minimum Gasteiger partial charge on any atom is -0.461 e. The first-order chi connectivity index (χ1) is 13.7. The van der Waals surface area contributed by atoms with Gasteiger partial charge in [0.1, 0.15) is 22.7 Å². The van der Waals surface area contributed by atoms with Crippen molar-refractivity contribution in [2.45, 2.75) is 26.7 Å². The number of hydrogen-bond acceptors (Lipinski definition) is 2. The van der Waals surface area contributed by atoms with Crippen molar-refractivity contribution in [2.75, 3.05) is 0 Å². The van der Waals surface area contributed by atoms with E-state index < -0.39 is 0 Å². The molecule has 0 atom stereocenters. The smallest absolute Gasteiger partial charge is 0.134 e. The molecule has 0 N–H and O–H groups in total. The lowest BCUT2D eigenvalue weighted by Gasteiger charge is -2.08. The molecule has 136 valence electrons. The van der Waals surface area contributed by atoms with Gasteiger partial charge >= 0.3 is 0 Å². The maximum Gasteiger partial charge on any atom is 0.134 e. The zero-order valence-corrected chi connectivity index (χ0v) is 16.0. The number of rotatable bonds is 2. The standard InChI is InChI=1S/C26H20O2/c1-3-19-11-17-9-15-5-7-22-21(23(15)13-25(17)27-19)8-6-16-10-18-12-20(4-2)28-26(18)14-24(16)22/h5-14H,3-4H2,1-2H3. The topological polar surface area (TPSA) is 26.3 Å². The van der Waals surface area contributed by atoms with Crippen molar-refractivity contribution in [3.05, 3.63) is 72.2 Å². The molecule has 2 nitrogen and oxygen atoms in total. The molecule has 2 heterocycles. The van der Waals surface area contributed by atoms with E-state index in [1.54, 1.807) is 0 Å². The third kappa shape index (κ3) is 2.15. The van der Waals surface area contributed by atoms with E-state index in [4.69, 9.17) is 8.83 Å². The van der Waals surface area contributed by atoms with Crippen LogP contribution in [0.15, 0.2) is 69.5 Å². The summed E-state index contributed by atoms with van der Waals surface area (Å²) in [4.78, 5) is 0. The number of benzene rings is 4. The molecule has 6 rings (SSSR count). The van der Waals surface area contributed by atoms with Gasteiger partial charge in [-0.1, -0.05) is 38.1 Å². The molecule has 2 aromatic heterocycles. The van der Waals surface area contributed by atoms with Crippen LogP contribution in [0.3, 0.4) is 0 Å². The van der Waals surface area contributed by atoms with E-state index in [-0.39, 0.29) is 0 Å². The second kappa shape index (κ2) is 5.62. The molecule has 4 aromatic carbocycles. The van der Waals surface area contributed by atoms with Gasteiger partial charge in [-0.2, -0.15) is 0 Å². The van der Waals surface area contributed by atoms with Crippen LogP contribution in [0.5, 0.6) is 0 Å². The third-order valence-corrected chi connectivity index (χ3v) is 5.91. The average molecular weight is 364 g/mol. The minimum absolute atomic E-state index is 0.912. The van der Waals surface area contributed by atoms with Crippen molar-refractivity contribution in [2.24, 2.45) is 0 Å². The predicted octanol–water partition coefficient (Wildman–Crippen LogP) is 7.76. The van der Waals surface area contributed by atoms with Crippen LogP contribution in [0.1, 0.15) is 25.4 Å². The van der Waals surface area contributed by atoms with Crippen LogP contribution in [-0.2, 0) is 12.8 Å². The molecule has 28 heavy (non-hydrogen) atoms. The number of fused-ring (bicyclic) bond motifs is 7. The summed E-state index contributed by atoms with van der Waals surface area (Å²) in [7, 11) is 0. The fourth-order valence-corrected chi connectivity index (χ4v) is 4.41. The highest BCUT2D eigenvalue weighted by Crippen LogP contribution is 2.36. The Balaban J connectivity index is 1.71. The minimum atomic E-state index is 0.912. The van der Waals surface area contributed by atoms with Gasteiger partial charge in [0.15, 0.2) is 0 Å². The molecule has 0 aliphatic rings. The first kappa shape index (κ1) is 15.8. The molecule has 0 aliphatic heterocycles. The molecule has 0 unspecified atom stereocenters. The normalized spacial score (nSPS) is 12.2. The lowest BCUT2D eigenvalue weighted by atomic mass is 9.96. The Bertz CT molecular complexity index is 1410. The van der Waals surface area contributed by atoms with Gasteiger partial charge in [-0.25, -0.2) is 0 Å². The van der Waals surface area contributed by atoms with Gasteiger partial charge in [0.05, 0.1) is 0 Å². The summed E-state index contributed by atoms with van der Waals surface area (Å²) in [5.74, 6) is 2.07. The van der Waals surface area contributed by atoms with E-state index in [0.29, 0.717) is 0 Å². The molecule has 2 heteroatoms. The quantitative estimate of drug-likeness (QED) is 0.293. The third-order valence-electron chi connectivity index (χ3n) is 5.91. The monoisotopic (exact) mass is 364 g/mol. The van der Waals surface area contributed by atoms with Gasteiger partial charge in [0, 0.05) is 23.6 Å². The van der Waals surface area contributed by atoms with E-state index in [0.717, 1.165) is 35.5 Å². The Hall–Kier alpha value is -3.26. The lowest BCUT2D eigenvalue weighted by Crippen LogP contribution is -1.81. The highest BCUT2D eigenvalue weighted by atomic mass is 16.3. The summed E-state index contributed by atoms with van der Waals surface area (Å²) < 4.78 is 12.0. The predicted molar refractivity (Wildman–Crippen MR) is 117 cm³/mol. The largest absolute Gasteiger partial charge is 0.461 e. The number of hydrogen-bond donors (Lipinski definition) is 0. The van der Waals surface area contributed by atoms with Crippen LogP contribution >= 0.6 is 0 Å². The summed E-state index contributed by atoms with van der Waals surface area (Å²) in [6.07, 6.45) is 1.82. The summed E-state index contributed by atoms with van der Waals surface area (Å²) in [6.45, 7) is 4.25. The van der Waals surface area contributed by atoms with Gasteiger partial charge in [0.2, 0.25) is 0 Å². The Morgan fingerprint density at radius 1 is 0.500 bits per heavy atom. The van der Waals surface area contributed by atoms with Gasteiger partial charge in [-0.15, -0.1) is 0 Å². The SMILES string of the molecule is CCc1cc2cc3ccc4c5cc6oc(CC)cc6cc5ccc4c3cc2o1. The van der Waals surface area contributed by atoms with E-state index in [1.165, 1.54) is 43.1 Å². The first-order valence-corrected chi connectivity index (χ1v) is 9.97. The maximum atomic E-state index is 6.02. The Labute approximate surface area is 162 Å².